The Hall–Kier alpha value is -1.84. The van der Waals surface area contributed by atoms with E-state index in [0.29, 0.717) is 23.4 Å². The van der Waals surface area contributed by atoms with Gasteiger partial charge in [0.15, 0.2) is 5.78 Å². The van der Waals surface area contributed by atoms with Crippen LogP contribution < -0.4 is 11.1 Å². The highest BCUT2D eigenvalue weighted by Gasteiger charge is 2.17. The van der Waals surface area contributed by atoms with Gasteiger partial charge in [-0.2, -0.15) is 0 Å². The van der Waals surface area contributed by atoms with Gasteiger partial charge in [-0.25, -0.2) is 0 Å². The lowest BCUT2D eigenvalue weighted by molar-refractivity contribution is -0.117. The van der Waals surface area contributed by atoms with Crippen LogP contribution in [0, 0.1) is 11.3 Å². The van der Waals surface area contributed by atoms with E-state index in [4.69, 9.17) is 5.73 Å². The fourth-order valence-electron chi connectivity index (χ4n) is 1.84. The topological polar surface area (TPSA) is 72.2 Å². The molecule has 1 aromatic carbocycles. The maximum atomic E-state index is 11.9. The van der Waals surface area contributed by atoms with Crippen LogP contribution in [0.4, 0.5) is 11.4 Å². The van der Waals surface area contributed by atoms with Crippen molar-refractivity contribution in [3.63, 3.8) is 0 Å². The molecule has 0 aliphatic heterocycles. The van der Waals surface area contributed by atoms with Crippen LogP contribution in [0.2, 0.25) is 0 Å². The number of ketones is 1. The van der Waals surface area contributed by atoms with Gasteiger partial charge < -0.3 is 11.1 Å². The van der Waals surface area contributed by atoms with E-state index < -0.39 is 0 Å². The second-order valence-electron chi connectivity index (χ2n) is 6.61. The number of nitrogens with one attached hydrogen (secondary N) is 1. The number of hydrogen-bond acceptors (Lipinski definition) is 3. The van der Waals surface area contributed by atoms with E-state index in [1.807, 2.05) is 34.6 Å². The van der Waals surface area contributed by atoms with Crippen molar-refractivity contribution in [3.8, 4) is 0 Å². The number of anilines is 2. The summed E-state index contributed by atoms with van der Waals surface area (Å²) in [6.07, 6.45) is 0.416. The molecule has 0 saturated carbocycles. The third-order valence-electron chi connectivity index (χ3n) is 2.83. The number of rotatable bonds is 4. The van der Waals surface area contributed by atoms with Crippen molar-refractivity contribution in [2.24, 2.45) is 11.3 Å². The largest absolute Gasteiger partial charge is 0.397 e. The Kier molecular flexibility index (Phi) is 4.93. The quantitative estimate of drug-likeness (QED) is 0.653. The first-order chi connectivity index (χ1) is 9.10. The summed E-state index contributed by atoms with van der Waals surface area (Å²) in [5.74, 6) is -0.105. The van der Waals surface area contributed by atoms with E-state index in [0.717, 1.165) is 0 Å². The number of Topliss-reactive ketones (excluding diaryl/α,β-unsaturated/α-hetero) is 1. The normalized spacial score (nSPS) is 11.5. The molecule has 0 atom stereocenters. The van der Waals surface area contributed by atoms with Crippen LogP contribution in [-0.2, 0) is 4.79 Å². The summed E-state index contributed by atoms with van der Waals surface area (Å²) in [7, 11) is 0. The molecule has 0 aliphatic rings. The summed E-state index contributed by atoms with van der Waals surface area (Å²) < 4.78 is 0. The third-order valence-corrected chi connectivity index (χ3v) is 2.83. The number of nitrogens with two attached hydrogens (primary N) is 1. The minimum absolute atomic E-state index is 0.0456. The predicted molar refractivity (Wildman–Crippen MR) is 82.7 cm³/mol. The van der Waals surface area contributed by atoms with Crippen molar-refractivity contribution in [1.82, 2.24) is 0 Å². The molecule has 0 radical (unpaired) electrons. The van der Waals surface area contributed by atoms with E-state index in [2.05, 4.69) is 5.32 Å². The maximum Gasteiger partial charge on any atom is 0.224 e. The Bertz CT molecular complexity index is 514. The Balaban J connectivity index is 2.84. The molecule has 0 aliphatic carbocycles. The minimum atomic E-state index is -0.0770. The van der Waals surface area contributed by atoms with E-state index in [1.54, 1.807) is 18.2 Å². The molecule has 110 valence electrons. The molecular formula is C16H24N2O2. The van der Waals surface area contributed by atoms with Crippen molar-refractivity contribution in [3.05, 3.63) is 23.8 Å². The standard InChI is InChI=1S/C16H24N2O2/c1-10(2)15(20)11-6-7-13(12(17)8-11)18-14(19)9-16(3,4)5/h6-8,10H,9,17H2,1-5H3,(H,18,19). The van der Waals surface area contributed by atoms with E-state index in [9.17, 15) is 9.59 Å². The zero-order chi connectivity index (χ0) is 15.5. The lowest BCUT2D eigenvalue weighted by Crippen LogP contribution is -2.20. The summed E-state index contributed by atoms with van der Waals surface area (Å²) >= 11 is 0. The van der Waals surface area contributed by atoms with Crippen molar-refractivity contribution >= 4 is 23.1 Å². The Morgan fingerprint density at radius 1 is 1.25 bits per heavy atom. The molecule has 0 unspecified atom stereocenters. The molecule has 1 rings (SSSR count). The Morgan fingerprint density at radius 2 is 1.85 bits per heavy atom. The molecule has 20 heavy (non-hydrogen) atoms. The van der Waals surface area contributed by atoms with Gasteiger partial charge in [-0.15, -0.1) is 0 Å². The van der Waals surface area contributed by atoms with Gasteiger partial charge in [0.2, 0.25) is 5.91 Å². The smallest absolute Gasteiger partial charge is 0.224 e. The number of hydrogen-bond donors (Lipinski definition) is 2. The molecule has 4 nitrogen and oxygen atoms in total. The first kappa shape index (κ1) is 16.2. The van der Waals surface area contributed by atoms with Gasteiger partial charge in [0, 0.05) is 17.9 Å². The highest BCUT2D eigenvalue weighted by molar-refractivity contribution is 6.00. The van der Waals surface area contributed by atoms with Crippen LogP contribution in [0.3, 0.4) is 0 Å². The molecule has 0 fully saturated rings. The zero-order valence-electron chi connectivity index (χ0n) is 12.9. The van der Waals surface area contributed by atoms with E-state index in [1.165, 1.54) is 0 Å². The number of nitrogen functional groups attached to an aromatic ring is 1. The summed E-state index contributed by atoms with van der Waals surface area (Å²) in [6, 6.07) is 5.01. The monoisotopic (exact) mass is 276 g/mol. The van der Waals surface area contributed by atoms with Gasteiger partial charge in [0.25, 0.3) is 0 Å². The fraction of sp³-hybridized carbons (Fsp3) is 0.500. The highest BCUT2D eigenvalue weighted by atomic mass is 16.1. The Morgan fingerprint density at radius 3 is 2.30 bits per heavy atom. The molecule has 1 aromatic rings. The van der Waals surface area contributed by atoms with Crippen molar-refractivity contribution < 1.29 is 9.59 Å². The first-order valence-electron chi connectivity index (χ1n) is 6.84. The highest BCUT2D eigenvalue weighted by Crippen LogP contribution is 2.24. The second-order valence-corrected chi connectivity index (χ2v) is 6.61. The van der Waals surface area contributed by atoms with Crippen LogP contribution in [0.25, 0.3) is 0 Å². The summed E-state index contributed by atoms with van der Waals surface area (Å²) in [4.78, 5) is 23.7. The molecular weight excluding hydrogens is 252 g/mol. The van der Waals surface area contributed by atoms with Crippen LogP contribution in [0.5, 0.6) is 0 Å². The number of benzene rings is 1. The predicted octanol–water partition coefficient (Wildman–Crippen LogP) is 3.48. The molecule has 1 amide bonds. The van der Waals surface area contributed by atoms with Crippen LogP contribution in [0.1, 0.15) is 51.4 Å². The molecule has 0 aromatic heterocycles. The van der Waals surface area contributed by atoms with Crippen LogP contribution in [0.15, 0.2) is 18.2 Å². The van der Waals surface area contributed by atoms with Crippen LogP contribution in [-0.4, -0.2) is 11.7 Å². The summed E-state index contributed by atoms with van der Waals surface area (Å²) in [5.41, 5.74) is 7.37. The molecule has 0 bridgehead atoms. The van der Waals surface area contributed by atoms with Gasteiger partial charge in [-0.1, -0.05) is 34.6 Å². The summed E-state index contributed by atoms with van der Waals surface area (Å²) in [5, 5.41) is 2.79. The number of amides is 1. The lowest BCUT2D eigenvalue weighted by Gasteiger charge is -2.18. The van der Waals surface area contributed by atoms with Gasteiger partial charge >= 0.3 is 0 Å². The molecule has 3 N–H and O–H groups in total. The zero-order valence-corrected chi connectivity index (χ0v) is 12.9. The second kappa shape index (κ2) is 6.07. The fourth-order valence-corrected chi connectivity index (χ4v) is 1.84. The van der Waals surface area contributed by atoms with Gasteiger partial charge in [-0.05, 0) is 23.6 Å². The van der Waals surface area contributed by atoms with Gasteiger partial charge in [0.05, 0.1) is 11.4 Å². The van der Waals surface area contributed by atoms with Crippen LogP contribution >= 0.6 is 0 Å². The average Bonchev–Trinajstić information content (AvgIpc) is 2.28. The van der Waals surface area contributed by atoms with Crippen molar-refractivity contribution in [2.75, 3.05) is 11.1 Å². The Labute approximate surface area is 120 Å². The van der Waals surface area contributed by atoms with Crippen molar-refractivity contribution in [1.29, 1.82) is 0 Å². The average molecular weight is 276 g/mol. The van der Waals surface area contributed by atoms with Crippen molar-refractivity contribution in [2.45, 2.75) is 41.0 Å². The van der Waals surface area contributed by atoms with E-state index in [-0.39, 0.29) is 23.0 Å². The van der Waals surface area contributed by atoms with E-state index >= 15 is 0 Å². The minimum Gasteiger partial charge on any atom is -0.397 e. The number of carbonyl (C=O) groups excluding carboxylic acids is 2. The molecule has 0 spiro atoms. The molecule has 4 heteroatoms. The first-order valence-corrected chi connectivity index (χ1v) is 6.84. The lowest BCUT2D eigenvalue weighted by atomic mass is 9.92. The third kappa shape index (κ3) is 4.68. The molecule has 0 heterocycles. The maximum absolute atomic E-state index is 11.9. The summed E-state index contributed by atoms with van der Waals surface area (Å²) in [6.45, 7) is 9.69. The van der Waals surface area contributed by atoms with Gasteiger partial charge in [-0.3, -0.25) is 9.59 Å². The molecule has 0 saturated heterocycles. The van der Waals surface area contributed by atoms with Gasteiger partial charge in [0.1, 0.15) is 0 Å². The SMILES string of the molecule is CC(C)C(=O)c1ccc(NC(=O)CC(C)(C)C)c(N)c1. The number of carbonyl (C=O) groups is 2.